The summed E-state index contributed by atoms with van der Waals surface area (Å²) in [6.07, 6.45) is 2.80. The van der Waals surface area contributed by atoms with Gasteiger partial charge in [-0.25, -0.2) is 0 Å². The highest BCUT2D eigenvalue weighted by Gasteiger charge is 2.22. The van der Waals surface area contributed by atoms with Gasteiger partial charge in [0, 0.05) is 40.4 Å². The highest BCUT2D eigenvalue weighted by Crippen LogP contribution is 2.12. The summed E-state index contributed by atoms with van der Waals surface area (Å²) in [4.78, 5) is 2.41. The molecule has 0 aromatic rings. The molecule has 1 aliphatic heterocycles. The van der Waals surface area contributed by atoms with Crippen molar-refractivity contribution in [3.05, 3.63) is 0 Å². The lowest BCUT2D eigenvalue weighted by Crippen LogP contribution is -2.30. The first-order chi connectivity index (χ1) is 6.80. The zero-order chi connectivity index (χ0) is 10.4. The number of methoxy groups -OCH3 is 2. The Morgan fingerprint density at radius 2 is 2.29 bits per heavy atom. The number of likely N-dealkylation sites (tertiary alicyclic amines) is 1. The standard InChI is InChI=1S/C10H22N2O2/c1-13-9(7-11)3-5-12-6-4-10(8-12)14-2/h9-10H,3-8,11H2,1-2H3. The van der Waals surface area contributed by atoms with Crippen molar-refractivity contribution in [1.29, 1.82) is 0 Å². The van der Waals surface area contributed by atoms with Crippen LogP contribution in [0.5, 0.6) is 0 Å². The van der Waals surface area contributed by atoms with Crippen LogP contribution in [0.4, 0.5) is 0 Å². The Labute approximate surface area is 86.3 Å². The van der Waals surface area contributed by atoms with Crippen LogP contribution in [0.3, 0.4) is 0 Å². The average molecular weight is 202 g/mol. The van der Waals surface area contributed by atoms with Crippen molar-refractivity contribution in [1.82, 2.24) is 4.90 Å². The maximum atomic E-state index is 5.55. The van der Waals surface area contributed by atoms with Gasteiger partial charge >= 0.3 is 0 Å². The normalized spacial score (nSPS) is 25.5. The van der Waals surface area contributed by atoms with E-state index < -0.39 is 0 Å². The second-order valence-electron chi connectivity index (χ2n) is 3.83. The molecule has 0 saturated carbocycles. The lowest BCUT2D eigenvalue weighted by atomic mass is 10.2. The van der Waals surface area contributed by atoms with E-state index in [1.54, 1.807) is 14.2 Å². The Morgan fingerprint density at radius 1 is 1.50 bits per heavy atom. The van der Waals surface area contributed by atoms with Crippen LogP contribution in [0.1, 0.15) is 12.8 Å². The molecule has 4 nitrogen and oxygen atoms in total. The molecular weight excluding hydrogens is 180 g/mol. The summed E-state index contributed by atoms with van der Waals surface area (Å²) in [6.45, 7) is 3.87. The molecule has 1 heterocycles. The number of hydrogen-bond acceptors (Lipinski definition) is 4. The first kappa shape index (κ1) is 11.9. The summed E-state index contributed by atoms with van der Waals surface area (Å²) in [7, 11) is 3.51. The van der Waals surface area contributed by atoms with E-state index in [0.29, 0.717) is 12.6 Å². The SMILES string of the molecule is COC(CN)CCN1CCC(OC)C1. The Hall–Kier alpha value is -0.160. The third-order valence-corrected chi connectivity index (χ3v) is 2.93. The van der Waals surface area contributed by atoms with Crippen molar-refractivity contribution >= 4 is 0 Å². The van der Waals surface area contributed by atoms with E-state index in [1.165, 1.54) is 0 Å². The predicted octanol–water partition coefficient (Wildman–Crippen LogP) is 0.0709. The van der Waals surface area contributed by atoms with Crippen LogP contribution in [0.25, 0.3) is 0 Å². The van der Waals surface area contributed by atoms with E-state index >= 15 is 0 Å². The quantitative estimate of drug-likeness (QED) is 0.662. The molecule has 0 radical (unpaired) electrons. The van der Waals surface area contributed by atoms with E-state index in [2.05, 4.69) is 4.90 Å². The largest absolute Gasteiger partial charge is 0.380 e. The van der Waals surface area contributed by atoms with E-state index in [9.17, 15) is 0 Å². The second-order valence-corrected chi connectivity index (χ2v) is 3.83. The molecule has 0 aliphatic carbocycles. The Bertz CT molecular complexity index is 151. The molecule has 0 aromatic carbocycles. The number of hydrogen-bond donors (Lipinski definition) is 1. The van der Waals surface area contributed by atoms with Crippen LogP contribution in [0.2, 0.25) is 0 Å². The smallest absolute Gasteiger partial charge is 0.0710 e. The Kier molecular flexibility index (Phi) is 5.40. The van der Waals surface area contributed by atoms with Gasteiger partial charge in [0.2, 0.25) is 0 Å². The van der Waals surface area contributed by atoms with Crippen LogP contribution in [0.15, 0.2) is 0 Å². The van der Waals surface area contributed by atoms with Gasteiger partial charge in [-0.15, -0.1) is 0 Å². The number of rotatable bonds is 6. The van der Waals surface area contributed by atoms with Gasteiger partial charge in [-0.2, -0.15) is 0 Å². The summed E-state index contributed by atoms with van der Waals surface area (Å²) >= 11 is 0. The topological polar surface area (TPSA) is 47.7 Å². The van der Waals surface area contributed by atoms with Gasteiger partial charge in [0.25, 0.3) is 0 Å². The average Bonchev–Trinajstić information content (AvgIpc) is 2.67. The summed E-state index contributed by atoms with van der Waals surface area (Å²) in [5.41, 5.74) is 5.55. The summed E-state index contributed by atoms with van der Waals surface area (Å²) < 4.78 is 10.5. The number of nitrogens with zero attached hydrogens (tertiary/aromatic N) is 1. The van der Waals surface area contributed by atoms with Gasteiger partial charge in [-0.3, -0.25) is 0 Å². The van der Waals surface area contributed by atoms with Crippen molar-refractivity contribution in [3.63, 3.8) is 0 Å². The maximum Gasteiger partial charge on any atom is 0.0710 e. The minimum absolute atomic E-state index is 0.205. The molecule has 1 aliphatic rings. The third-order valence-electron chi connectivity index (χ3n) is 2.93. The fraction of sp³-hybridized carbons (Fsp3) is 1.00. The second kappa shape index (κ2) is 6.35. The van der Waals surface area contributed by atoms with Gasteiger partial charge < -0.3 is 20.1 Å². The summed E-state index contributed by atoms with van der Waals surface area (Å²) in [5, 5.41) is 0. The Balaban J connectivity index is 2.13. The van der Waals surface area contributed by atoms with Crippen molar-refractivity contribution in [3.8, 4) is 0 Å². The van der Waals surface area contributed by atoms with E-state index in [4.69, 9.17) is 15.2 Å². The van der Waals surface area contributed by atoms with Gasteiger partial charge in [0.1, 0.15) is 0 Å². The van der Waals surface area contributed by atoms with Crippen molar-refractivity contribution in [2.75, 3.05) is 40.4 Å². The molecule has 0 aromatic heterocycles. The van der Waals surface area contributed by atoms with E-state index in [-0.39, 0.29) is 6.10 Å². The molecule has 4 heteroatoms. The minimum atomic E-state index is 0.205. The van der Waals surface area contributed by atoms with Gasteiger partial charge in [-0.1, -0.05) is 0 Å². The maximum absolute atomic E-state index is 5.55. The molecule has 1 saturated heterocycles. The van der Waals surface area contributed by atoms with Crippen molar-refractivity contribution in [2.45, 2.75) is 25.0 Å². The summed E-state index contributed by atoms with van der Waals surface area (Å²) in [5.74, 6) is 0. The molecule has 0 amide bonds. The van der Waals surface area contributed by atoms with Crippen LogP contribution < -0.4 is 5.73 Å². The van der Waals surface area contributed by atoms with Crippen LogP contribution in [0, 0.1) is 0 Å². The third kappa shape index (κ3) is 3.53. The number of nitrogens with two attached hydrogens (primary N) is 1. The first-order valence-corrected chi connectivity index (χ1v) is 5.28. The molecular formula is C10H22N2O2. The van der Waals surface area contributed by atoms with Gasteiger partial charge in [0.05, 0.1) is 12.2 Å². The molecule has 0 bridgehead atoms. The lowest BCUT2D eigenvalue weighted by Gasteiger charge is -2.19. The molecule has 2 atom stereocenters. The van der Waals surface area contributed by atoms with Crippen LogP contribution in [-0.4, -0.2) is 57.5 Å². The highest BCUT2D eigenvalue weighted by atomic mass is 16.5. The molecule has 2 unspecified atom stereocenters. The zero-order valence-electron chi connectivity index (χ0n) is 9.24. The lowest BCUT2D eigenvalue weighted by molar-refractivity contribution is 0.0841. The van der Waals surface area contributed by atoms with Crippen molar-refractivity contribution < 1.29 is 9.47 Å². The molecule has 0 spiro atoms. The van der Waals surface area contributed by atoms with Crippen LogP contribution >= 0.6 is 0 Å². The fourth-order valence-corrected chi connectivity index (χ4v) is 1.85. The van der Waals surface area contributed by atoms with Crippen LogP contribution in [-0.2, 0) is 9.47 Å². The molecule has 1 rings (SSSR count). The molecule has 2 N–H and O–H groups in total. The van der Waals surface area contributed by atoms with E-state index in [1.807, 2.05) is 0 Å². The predicted molar refractivity (Wildman–Crippen MR) is 56.3 cm³/mol. The minimum Gasteiger partial charge on any atom is -0.380 e. The molecule has 1 fully saturated rings. The monoisotopic (exact) mass is 202 g/mol. The van der Waals surface area contributed by atoms with Gasteiger partial charge in [0.15, 0.2) is 0 Å². The highest BCUT2D eigenvalue weighted by molar-refractivity contribution is 4.76. The Morgan fingerprint density at radius 3 is 2.79 bits per heavy atom. The first-order valence-electron chi connectivity index (χ1n) is 5.28. The fourth-order valence-electron chi connectivity index (χ4n) is 1.85. The molecule has 84 valence electrons. The number of ether oxygens (including phenoxy) is 2. The van der Waals surface area contributed by atoms with Crippen molar-refractivity contribution in [2.24, 2.45) is 5.73 Å². The summed E-state index contributed by atoms with van der Waals surface area (Å²) in [6, 6.07) is 0. The molecule has 14 heavy (non-hydrogen) atoms. The zero-order valence-corrected chi connectivity index (χ0v) is 9.24. The van der Waals surface area contributed by atoms with E-state index in [0.717, 1.165) is 32.5 Å². The van der Waals surface area contributed by atoms with Gasteiger partial charge in [-0.05, 0) is 12.8 Å².